The van der Waals surface area contributed by atoms with Gasteiger partial charge >= 0.3 is 0 Å². The zero-order chi connectivity index (χ0) is 19.4. The fraction of sp³-hybridized carbons (Fsp3) is 0.238. The van der Waals surface area contributed by atoms with E-state index >= 15 is 0 Å². The molecule has 0 spiro atoms. The van der Waals surface area contributed by atoms with Crippen molar-refractivity contribution in [1.29, 1.82) is 0 Å². The number of amides is 1. The normalized spacial score (nSPS) is 11.1. The number of nitrogens with zero attached hydrogens (tertiary/aromatic N) is 2. The molecule has 27 heavy (non-hydrogen) atoms. The quantitative estimate of drug-likeness (QED) is 0.654. The second-order valence-corrected chi connectivity index (χ2v) is 7.56. The Morgan fingerprint density at radius 2 is 1.85 bits per heavy atom. The van der Waals surface area contributed by atoms with Crippen LogP contribution in [0.5, 0.6) is 0 Å². The fourth-order valence-electron chi connectivity index (χ4n) is 2.92. The predicted octanol–water partition coefficient (Wildman–Crippen LogP) is 3.51. The first-order valence-corrected chi connectivity index (χ1v) is 9.55. The second-order valence-electron chi connectivity index (χ2n) is 6.70. The van der Waals surface area contributed by atoms with Crippen molar-refractivity contribution in [3.8, 4) is 0 Å². The number of nitrogens with one attached hydrogen (secondary N) is 1. The van der Waals surface area contributed by atoms with Crippen LogP contribution in [0.25, 0.3) is 10.8 Å². The number of anilines is 1. The van der Waals surface area contributed by atoms with Crippen LogP contribution >= 0.6 is 15.9 Å². The molecule has 5 nitrogen and oxygen atoms in total. The van der Waals surface area contributed by atoms with E-state index in [9.17, 15) is 9.59 Å². The monoisotopic (exact) mass is 427 g/mol. The average molecular weight is 428 g/mol. The molecule has 1 N–H and O–H groups in total. The molecular weight excluding hydrogens is 406 g/mol. The largest absolute Gasteiger partial charge is 0.325 e. The van der Waals surface area contributed by atoms with Crippen LogP contribution in [0.15, 0.2) is 64.0 Å². The van der Waals surface area contributed by atoms with Gasteiger partial charge in [-0.1, -0.05) is 40.2 Å². The maximum absolute atomic E-state index is 12.7. The summed E-state index contributed by atoms with van der Waals surface area (Å²) in [6, 6.07) is 15.0. The van der Waals surface area contributed by atoms with Gasteiger partial charge in [0.1, 0.15) is 0 Å². The number of rotatable bonds is 6. The topological polar surface area (TPSA) is 54.3 Å². The van der Waals surface area contributed by atoms with Crippen molar-refractivity contribution in [1.82, 2.24) is 9.47 Å². The highest BCUT2D eigenvalue weighted by atomic mass is 79.9. The van der Waals surface area contributed by atoms with Gasteiger partial charge in [-0.3, -0.25) is 9.59 Å². The number of hydrogen-bond donors (Lipinski definition) is 1. The molecule has 1 heterocycles. The zero-order valence-electron chi connectivity index (χ0n) is 15.4. The summed E-state index contributed by atoms with van der Waals surface area (Å²) in [5, 5.41) is 4.30. The molecule has 0 atom stereocenters. The van der Waals surface area contributed by atoms with E-state index in [1.807, 2.05) is 55.4 Å². The summed E-state index contributed by atoms with van der Waals surface area (Å²) < 4.78 is 2.61. The van der Waals surface area contributed by atoms with Gasteiger partial charge in [-0.25, -0.2) is 0 Å². The van der Waals surface area contributed by atoms with Crippen molar-refractivity contribution in [3.63, 3.8) is 0 Å². The molecular formula is C21H22BrN3O2. The van der Waals surface area contributed by atoms with Gasteiger partial charge in [-0.05, 0) is 43.9 Å². The Morgan fingerprint density at radius 3 is 2.59 bits per heavy atom. The number of pyridine rings is 1. The molecule has 0 unspecified atom stereocenters. The lowest BCUT2D eigenvalue weighted by molar-refractivity contribution is -0.115. The highest BCUT2D eigenvalue weighted by Gasteiger charge is 2.11. The minimum atomic E-state index is -0.119. The highest BCUT2D eigenvalue weighted by Crippen LogP contribution is 2.22. The van der Waals surface area contributed by atoms with Crippen LogP contribution in [0.3, 0.4) is 0 Å². The van der Waals surface area contributed by atoms with Gasteiger partial charge in [-0.2, -0.15) is 0 Å². The van der Waals surface area contributed by atoms with E-state index in [0.717, 1.165) is 22.0 Å². The Bertz CT molecular complexity index is 1030. The number of halogens is 1. The van der Waals surface area contributed by atoms with E-state index in [0.29, 0.717) is 17.6 Å². The van der Waals surface area contributed by atoms with Crippen LogP contribution in [0.2, 0.25) is 0 Å². The minimum Gasteiger partial charge on any atom is -0.325 e. The van der Waals surface area contributed by atoms with Gasteiger partial charge in [0.05, 0.1) is 6.42 Å². The summed E-state index contributed by atoms with van der Waals surface area (Å²) in [6.45, 7) is 1.41. The number of fused-ring (bicyclic) bond motifs is 1. The SMILES string of the molecule is CN(C)CCn1ccc2c(NC(=O)Cc3ccccc3Br)cccc2c1=O. The van der Waals surface area contributed by atoms with Crippen molar-refractivity contribution >= 4 is 38.3 Å². The highest BCUT2D eigenvalue weighted by molar-refractivity contribution is 9.10. The molecule has 0 bridgehead atoms. The minimum absolute atomic E-state index is 0.0451. The first-order chi connectivity index (χ1) is 13.0. The van der Waals surface area contributed by atoms with Crippen LogP contribution in [0.1, 0.15) is 5.56 Å². The summed E-state index contributed by atoms with van der Waals surface area (Å²) in [7, 11) is 3.95. The molecule has 1 amide bonds. The molecule has 0 saturated carbocycles. The van der Waals surface area contributed by atoms with E-state index in [1.54, 1.807) is 22.9 Å². The maximum atomic E-state index is 12.7. The van der Waals surface area contributed by atoms with Crippen molar-refractivity contribution in [2.24, 2.45) is 0 Å². The molecule has 0 radical (unpaired) electrons. The lowest BCUT2D eigenvalue weighted by Gasteiger charge is -2.13. The third-order valence-corrected chi connectivity index (χ3v) is 5.16. The summed E-state index contributed by atoms with van der Waals surface area (Å²) in [6.07, 6.45) is 2.05. The predicted molar refractivity (Wildman–Crippen MR) is 113 cm³/mol. The van der Waals surface area contributed by atoms with Crippen molar-refractivity contribution < 1.29 is 4.79 Å². The average Bonchev–Trinajstić information content (AvgIpc) is 2.63. The van der Waals surface area contributed by atoms with Crippen LogP contribution in [0.4, 0.5) is 5.69 Å². The van der Waals surface area contributed by atoms with Crippen LogP contribution < -0.4 is 10.9 Å². The van der Waals surface area contributed by atoms with Crippen molar-refractivity contribution in [3.05, 3.63) is 75.1 Å². The second kappa shape index (κ2) is 8.50. The van der Waals surface area contributed by atoms with E-state index in [4.69, 9.17) is 0 Å². The van der Waals surface area contributed by atoms with Gasteiger partial charge in [0.2, 0.25) is 5.91 Å². The van der Waals surface area contributed by atoms with Crippen LogP contribution in [0, 0.1) is 0 Å². The number of benzene rings is 2. The maximum Gasteiger partial charge on any atom is 0.258 e. The third kappa shape index (κ3) is 4.64. The molecule has 6 heteroatoms. The van der Waals surface area contributed by atoms with Gasteiger partial charge in [0, 0.05) is 40.2 Å². The Balaban J connectivity index is 1.85. The molecule has 2 aromatic carbocycles. The lowest BCUT2D eigenvalue weighted by Crippen LogP contribution is -2.26. The van der Waals surface area contributed by atoms with Crippen LogP contribution in [-0.4, -0.2) is 36.0 Å². The number of hydrogen-bond acceptors (Lipinski definition) is 3. The zero-order valence-corrected chi connectivity index (χ0v) is 17.0. The first kappa shape index (κ1) is 19.3. The van der Waals surface area contributed by atoms with Gasteiger partial charge in [-0.15, -0.1) is 0 Å². The number of carbonyl (C=O) groups is 1. The molecule has 0 aliphatic rings. The summed E-state index contributed by atoms with van der Waals surface area (Å²) in [4.78, 5) is 27.3. The molecule has 140 valence electrons. The Labute approximate surface area is 166 Å². The van der Waals surface area contributed by atoms with Crippen molar-refractivity contribution in [2.45, 2.75) is 13.0 Å². The first-order valence-electron chi connectivity index (χ1n) is 8.76. The van der Waals surface area contributed by atoms with Gasteiger partial charge < -0.3 is 14.8 Å². The Kier molecular flexibility index (Phi) is 6.08. The fourth-order valence-corrected chi connectivity index (χ4v) is 3.35. The molecule has 3 aromatic rings. The molecule has 0 fully saturated rings. The number of likely N-dealkylation sites (N-methyl/N-ethyl adjacent to an activating group) is 1. The van der Waals surface area contributed by atoms with Gasteiger partial charge in [0.15, 0.2) is 0 Å². The molecule has 0 aliphatic heterocycles. The summed E-state index contributed by atoms with van der Waals surface area (Å²) >= 11 is 3.46. The summed E-state index contributed by atoms with van der Waals surface area (Å²) in [5.41, 5.74) is 1.53. The summed E-state index contributed by atoms with van der Waals surface area (Å²) in [5.74, 6) is -0.119. The molecule has 0 aliphatic carbocycles. The third-order valence-electron chi connectivity index (χ3n) is 4.39. The van der Waals surface area contributed by atoms with E-state index in [1.165, 1.54) is 0 Å². The lowest BCUT2D eigenvalue weighted by atomic mass is 10.1. The number of aromatic nitrogens is 1. The number of carbonyl (C=O) groups excluding carboxylic acids is 1. The van der Waals surface area contributed by atoms with E-state index < -0.39 is 0 Å². The smallest absolute Gasteiger partial charge is 0.258 e. The van der Waals surface area contributed by atoms with E-state index in [-0.39, 0.29) is 17.9 Å². The Morgan fingerprint density at radius 1 is 1.07 bits per heavy atom. The van der Waals surface area contributed by atoms with Gasteiger partial charge in [0.25, 0.3) is 5.56 Å². The van der Waals surface area contributed by atoms with Crippen molar-refractivity contribution in [2.75, 3.05) is 26.0 Å². The standard InChI is InChI=1S/C21H22BrN3O2/c1-24(2)12-13-25-11-10-16-17(21(25)27)7-5-9-19(16)23-20(26)14-15-6-3-4-8-18(15)22/h3-11H,12-14H2,1-2H3,(H,23,26). The molecule has 3 rings (SSSR count). The molecule has 0 saturated heterocycles. The Hall–Kier alpha value is -2.44. The molecule has 1 aromatic heterocycles. The van der Waals surface area contributed by atoms with Crippen LogP contribution in [-0.2, 0) is 17.8 Å². The van der Waals surface area contributed by atoms with E-state index in [2.05, 4.69) is 21.2 Å².